The fourth-order valence-electron chi connectivity index (χ4n) is 2.50. The summed E-state index contributed by atoms with van der Waals surface area (Å²) in [6.07, 6.45) is 8.87. The predicted molar refractivity (Wildman–Crippen MR) is 78.6 cm³/mol. The predicted octanol–water partition coefficient (Wildman–Crippen LogP) is 5.03. The molecule has 0 atom stereocenters. The van der Waals surface area contributed by atoms with Crippen LogP contribution >= 0.6 is 0 Å². The van der Waals surface area contributed by atoms with Gasteiger partial charge in [0, 0.05) is 0 Å². The van der Waals surface area contributed by atoms with Crippen LogP contribution in [0.25, 0.3) is 0 Å². The normalized spacial score (nSPS) is 11.7. The van der Waals surface area contributed by atoms with Gasteiger partial charge < -0.3 is 5.11 Å². The van der Waals surface area contributed by atoms with Crippen LogP contribution in [0.2, 0.25) is 0 Å². The lowest BCUT2D eigenvalue weighted by atomic mass is 9.84. The number of rotatable bonds is 9. The summed E-state index contributed by atoms with van der Waals surface area (Å²) >= 11 is 0. The molecule has 0 radical (unpaired) electrons. The zero-order chi connectivity index (χ0) is 13.3. The fourth-order valence-corrected chi connectivity index (χ4v) is 2.50. The highest BCUT2D eigenvalue weighted by atomic mass is 16.3. The summed E-state index contributed by atoms with van der Waals surface area (Å²) in [6.45, 7) is 4.41. The second-order valence-electron chi connectivity index (χ2n) is 5.31. The Morgan fingerprint density at radius 1 is 0.833 bits per heavy atom. The molecular formula is C17H28O. The molecule has 0 bridgehead atoms. The minimum Gasteiger partial charge on any atom is -0.385 e. The molecule has 0 spiro atoms. The van der Waals surface area contributed by atoms with Gasteiger partial charge in [-0.2, -0.15) is 0 Å². The van der Waals surface area contributed by atoms with Crippen LogP contribution in [-0.2, 0) is 5.60 Å². The first-order valence-corrected chi connectivity index (χ1v) is 7.51. The van der Waals surface area contributed by atoms with Gasteiger partial charge in [-0.25, -0.2) is 0 Å². The van der Waals surface area contributed by atoms with Crippen LogP contribution < -0.4 is 0 Å². The number of aliphatic hydroxyl groups is 1. The van der Waals surface area contributed by atoms with Crippen LogP contribution in [0.15, 0.2) is 30.3 Å². The Bertz CT molecular complexity index is 295. The molecule has 0 aliphatic carbocycles. The highest BCUT2D eigenvalue weighted by molar-refractivity contribution is 5.22. The summed E-state index contributed by atoms with van der Waals surface area (Å²) in [5, 5.41) is 10.9. The van der Waals surface area contributed by atoms with Gasteiger partial charge in [0.25, 0.3) is 0 Å². The lowest BCUT2D eigenvalue weighted by molar-refractivity contribution is 0.0135. The zero-order valence-corrected chi connectivity index (χ0v) is 12.0. The van der Waals surface area contributed by atoms with Gasteiger partial charge in [0.1, 0.15) is 0 Å². The van der Waals surface area contributed by atoms with Crippen molar-refractivity contribution in [3.63, 3.8) is 0 Å². The van der Waals surface area contributed by atoms with Gasteiger partial charge in [-0.15, -0.1) is 0 Å². The van der Waals surface area contributed by atoms with E-state index in [1.807, 2.05) is 18.2 Å². The van der Waals surface area contributed by atoms with Crippen LogP contribution in [0.5, 0.6) is 0 Å². The summed E-state index contributed by atoms with van der Waals surface area (Å²) in [5.41, 5.74) is 0.489. The van der Waals surface area contributed by atoms with Gasteiger partial charge >= 0.3 is 0 Å². The van der Waals surface area contributed by atoms with Crippen molar-refractivity contribution in [3.05, 3.63) is 35.9 Å². The van der Waals surface area contributed by atoms with Crippen LogP contribution in [0.1, 0.15) is 70.8 Å². The smallest absolute Gasteiger partial charge is 0.0896 e. The van der Waals surface area contributed by atoms with Crippen LogP contribution in [-0.4, -0.2) is 5.11 Å². The Morgan fingerprint density at radius 2 is 1.33 bits per heavy atom. The lowest BCUT2D eigenvalue weighted by Crippen LogP contribution is -2.25. The molecule has 0 saturated carbocycles. The average molecular weight is 248 g/mol. The number of unbranched alkanes of at least 4 members (excludes halogenated alkanes) is 4. The summed E-state index contributed by atoms with van der Waals surface area (Å²) in [5.74, 6) is 0. The van der Waals surface area contributed by atoms with Crippen LogP contribution in [0, 0.1) is 0 Å². The van der Waals surface area contributed by atoms with E-state index in [0.29, 0.717) is 0 Å². The Balaban J connectivity index is 2.67. The van der Waals surface area contributed by atoms with E-state index >= 15 is 0 Å². The molecule has 0 aromatic heterocycles. The first-order chi connectivity index (χ1) is 8.73. The fraction of sp³-hybridized carbons (Fsp3) is 0.647. The topological polar surface area (TPSA) is 20.2 Å². The highest BCUT2D eigenvalue weighted by Gasteiger charge is 2.27. The molecule has 0 fully saturated rings. The average Bonchev–Trinajstić information content (AvgIpc) is 2.40. The maximum Gasteiger partial charge on any atom is 0.0896 e. The minimum absolute atomic E-state index is 0.606. The van der Waals surface area contributed by atoms with Crippen LogP contribution in [0.4, 0.5) is 0 Å². The molecule has 0 unspecified atom stereocenters. The SMILES string of the molecule is CCCCCC(O)(CCCCC)c1ccccc1. The molecule has 1 rings (SSSR count). The van der Waals surface area contributed by atoms with Crippen molar-refractivity contribution in [1.82, 2.24) is 0 Å². The van der Waals surface area contributed by atoms with Gasteiger partial charge in [-0.3, -0.25) is 0 Å². The second kappa shape index (κ2) is 8.31. The van der Waals surface area contributed by atoms with Gasteiger partial charge in [0.2, 0.25) is 0 Å². The molecule has 18 heavy (non-hydrogen) atoms. The number of hydrogen-bond donors (Lipinski definition) is 1. The van der Waals surface area contributed by atoms with Gasteiger partial charge in [-0.1, -0.05) is 82.7 Å². The molecule has 0 amide bonds. The molecule has 1 aromatic rings. The standard InChI is InChI=1S/C17H28O/c1-3-5-10-14-17(18,15-11-6-4-2)16-12-8-7-9-13-16/h7-9,12-13,18H,3-6,10-11,14-15H2,1-2H3. The number of hydrogen-bond acceptors (Lipinski definition) is 1. The van der Waals surface area contributed by atoms with E-state index in [1.165, 1.54) is 25.7 Å². The number of benzene rings is 1. The summed E-state index contributed by atoms with van der Waals surface area (Å²) in [4.78, 5) is 0. The molecule has 0 heterocycles. The molecule has 102 valence electrons. The van der Waals surface area contributed by atoms with Crippen molar-refractivity contribution in [1.29, 1.82) is 0 Å². The zero-order valence-electron chi connectivity index (χ0n) is 12.0. The van der Waals surface area contributed by atoms with E-state index in [9.17, 15) is 5.11 Å². The van der Waals surface area contributed by atoms with E-state index in [1.54, 1.807) is 0 Å². The molecule has 0 aliphatic rings. The molecule has 1 nitrogen and oxygen atoms in total. The van der Waals surface area contributed by atoms with Crippen molar-refractivity contribution in [2.45, 2.75) is 70.8 Å². The van der Waals surface area contributed by atoms with Crippen molar-refractivity contribution >= 4 is 0 Å². The molecule has 0 saturated heterocycles. The van der Waals surface area contributed by atoms with Gasteiger partial charge in [-0.05, 0) is 18.4 Å². The lowest BCUT2D eigenvalue weighted by Gasteiger charge is -2.29. The summed E-state index contributed by atoms with van der Waals surface area (Å²) in [7, 11) is 0. The third-order valence-corrected chi connectivity index (χ3v) is 3.70. The molecular weight excluding hydrogens is 220 g/mol. The highest BCUT2D eigenvalue weighted by Crippen LogP contribution is 2.32. The maximum absolute atomic E-state index is 10.9. The quantitative estimate of drug-likeness (QED) is 0.607. The maximum atomic E-state index is 10.9. The van der Waals surface area contributed by atoms with Crippen molar-refractivity contribution in [2.75, 3.05) is 0 Å². The van der Waals surface area contributed by atoms with Crippen molar-refractivity contribution in [3.8, 4) is 0 Å². The van der Waals surface area contributed by atoms with E-state index in [2.05, 4.69) is 26.0 Å². The molecule has 0 aliphatic heterocycles. The molecule has 1 N–H and O–H groups in total. The van der Waals surface area contributed by atoms with E-state index < -0.39 is 5.60 Å². The first kappa shape index (κ1) is 15.2. The van der Waals surface area contributed by atoms with Crippen LogP contribution in [0.3, 0.4) is 0 Å². The largest absolute Gasteiger partial charge is 0.385 e. The minimum atomic E-state index is -0.606. The first-order valence-electron chi connectivity index (χ1n) is 7.51. The second-order valence-corrected chi connectivity index (χ2v) is 5.31. The van der Waals surface area contributed by atoms with E-state index in [-0.39, 0.29) is 0 Å². The summed E-state index contributed by atoms with van der Waals surface area (Å²) in [6, 6.07) is 10.2. The van der Waals surface area contributed by atoms with Crippen molar-refractivity contribution < 1.29 is 5.11 Å². The Kier molecular flexibility index (Phi) is 7.04. The molecule has 1 aromatic carbocycles. The monoisotopic (exact) mass is 248 g/mol. The Hall–Kier alpha value is -0.820. The summed E-state index contributed by atoms with van der Waals surface area (Å²) < 4.78 is 0. The Labute approximate surface area is 112 Å². The van der Waals surface area contributed by atoms with Gasteiger partial charge in [0.15, 0.2) is 0 Å². The third-order valence-electron chi connectivity index (χ3n) is 3.70. The van der Waals surface area contributed by atoms with Crippen molar-refractivity contribution in [2.24, 2.45) is 0 Å². The van der Waals surface area contributed by atoms with Gasteiger partial charge in [0.05, 0.1) is 5.60 Å². The van der Waals surface area contributed by atoms with E-state index in [0.717, 1.165) is 31.2 Å². The Morgan fingerprint density at radius 3 is 1.78 bits per heavy atom. The molecule has 1 heteroatoms. The van der Waals surface area contributed by atoms with E-state index in [4.69, 9.17) is 0 Å². The third kappa shape index (κ3) is 4.81.